The molecule has 1 unspecified atom stereocenters. The van der Waals surface area contributed by atoms with Gasteiger partial charge in [0.05, 0.1) is 16.2 Å². The topological polar surface area (TPSA) is 93.3 Å². The Hall–Kier alpha value is -2.76. The molecular formula is C15H12N2O4. The average molecular weight is 284 g/mol. The van der Waals surface area contributed by atoms with E-state index in [0.29, 0.717) is 5.56 Å². The molecule has 0 amide bonds. The number of nitro benzene ring substituents is 1. The van der Waals surface area contributed by atoms with E-state index < -0.39 is 10.9 Å². The lowest BCUT2D eigenvalue weighted by Gasteiger charge is -2.12. The fraction of sp³-hybridized carbons (Fsp3) is 0.200. The van der Waals surface area contributed by atoms with E-state index >= 15 is 0 Å². The number of carboxylic acids is 1. The van der Waals surface area contributed by atoms with Gasteiger partial charge < -0.3 is 5.11 Å². The maximum Gasteiger partial charge on any atom is 0.335 e. The Kier molecular flexibility index (Phi) is 3.13. The first-order valence-corrected chi connectivity index (χ1v) is 6.53. The zero-order valence-electron chi connectivity index (χ0n) is 11.0. The summed E-state index contributed by atoms with van der Waals surface area (Å²) in [6.07, 6.45) is 3.25. The standard InChI is InChI=1S/C15H12N2O4/c18-15(19)10-4-5-11(13(8-10)17(20)21)12-6-3-9-2-1-7-16-14(9)12/h1-2,4-5,7-8,12H,3,6H2,(H,18,19). The van der Waals surface area contributed by atoms with Crippen LogP contribution in [0, 0.1) is 10.1 Å². The number of aromatic nitrogens is 1. The molecule has 1 aliphatic carbocycles. The van der Waals surface area contributed by atoms with Gasteiger partial charge in [0.2, 0.25) is 0 Å². The number of nitro groups is 1. The highest BCUT2D eigenvalue weighted by atomic mass is 16.6. The normalized spacial score (nSPS) is 16.5. The van der Waals surface area contributed by atoms with Gasteiger partial charge in [-0.05, 0) is 30.5 Å². The molecule has 0 radical (unpaired) electrons. The Morgan fingerprint density at radius 1 is 1.38 bits per heavy atom. The number of hydrogen-bond acceptors (Lipinski definition) is 4. The predicted molar refractivity (Wildman–Crippen MR) is 74.5 cm³/mol. The minimum absolute atomic E-state index is 0.0790. The number of rotatable bonds is 3. The molecule has 1 N–H and O–H groups in total. The third-order valence-corrected chi connectivity index (χ3v) is 3.81. The Morgan fingerprint density at radius 3 is 2.90 bits per heavy atom. The van der Waals surface area contributed by atoms with Crippen LogP contribution in [0.4, 0.5) is 5.69 Å². The molecule has 0 aliphatic heterocycles. The predicted octanol–water partition coefficient (Wildman–Crippen LogP) is 2.77. The van der Waals surface area contributed by atoms with Crippen LogP contribution in [0.25, 0.3) is 0 Å². The van der Waals surface area contributed by atoms with E-state index in [2.05, 4.69) is 4.98 Å². The summed E-state index contributed by atoms with van der Waals surface area (Å²) in [4.78, 5) is 26.0. The molecule has 1 heterocycles. The van der Waals surface area contributed by atoms with Crippen LogP contribution >= 0.6 is 0 Å². The van der Waals surface area contributed by atoms with Crippen molar-refractivity contribution in [2.24, 2.45) is 0 Å². The van der Waals surface area contributed by atoms with Crippen molar-refractivity contribution in [2.45, 2.75) is 18.8 Å². The first-order chi connectivity index (χ1) is 10.1. The summed E-state index contributed by atoms with van der Waals surface area (Å²) >= 11 is 0. The second-order valence-corrected chi connectivity index (χ2v) is 4.97. The lowest BCUT2D eigenvalue weighted by atomic mass is 9.93. The van der Waals surface area contributed by atoms with Gasteiger partial charge in [-0.2, -0.15) is 0 Å². The van der Waals surface area contributed by atoms with Gasteiger partial charge in [-0.25, -0.2) is 4.79 Å². The van der Waals surface area contributed by atoms with E-state index in [0.717, 1.165) is 30.2 Å². The van der Waals surface area contributed by atoms with Crippen LogP contribution in [0.5, 0.6) is 0 Å². The molecule has 1 atom stereocenters. The fourth-order valence-electron chi connectivity index (χ4n) is 2.84. The SMILES string of the molecule is O=C(O)c1ccc(C2CCc3cccnc32)c([N+](=O)[O-])c1. The molecule has 1 aromatic carbocycles. The summed E-state index contributed by atoms with van der Waals surface area (Å²) < 4.78 is 0. The van der Waals surface area contributed by atoms with Crippen molar-refractivity contribution in [3.63, 3.8) is 0 Å². The monoisotopic (exact) mass is 284 g/mol. The smallest absolute Gasteiger partial charge is 0.335 e. The quantitative estimate of drug-likeness (QED) is 0.691. The van der Waals surface area contributed by atoms with Crippen LogP contribution in [-0.2, 0) is 6.42 Å². The molecule has 6 nitrogen and oxygen atoms in total. The maximum absolute atomic E-state index is 11.3. The van der Waals surface area contributed by atoms with Gasteiger partial charge in [0, 0.05) is 23.7 Å². The lowest BCUT2D eigenvalue weighted by Crippen LogP contribution is -2.06. The second kappa shape index (κ2) is 4.97. The summed E-state index contributed by atoms with van der Waals surface area (Å²) in [6, 6.07) is 7.89. The second-order valence-electron chi connectivity index (χ2n) is 4.97. The molecule has 0 saturated heterocycles. The summed E-state index contributed by atoms with van der Waals surface area (Å²) in [5.41, 5.74) is 2.24. The Balaban J connectivity index is 2.11. The van der Waals surface area contributed by atoms with E-state index in [1.807, 2.05) is 12.1 Å². The van der Waals surface area contributed by atoms with E-state index in [1.54, 1.807) is 6.20 Å². The molecule has 0 saturated carbocycles. The number of pyridine rings is 1. The molecule has 0 spiro atoms. The molecule has 1 aromatic heterocycles. The van der Waals surface area contributed by atoms with Crippen LogP contribution in [0.1, 0.15) is 39.5 Å². The van der Waals surface area contributed by atoms with Crippen LogP contribution in [-0.4, -0.2) is 21.0 Å². The van der Waals surface area contributed by atoms with Crippen molar-refractivity contribution in [3.05, 3.63) is 69.0 Å². The lowest BCUT2D eigenvalue weighted by molar-refractivity contribution is -0.385. The molecule has 0 bridgehead atoms. The van der Waals surface area contributed by atoms with Crippen LogP contribution in [0.2, 0.25) is 0 Å². The minimum Gasteiger partial charge on any atom is -0.478 e. The van der Waals surface area contributed by atoms with E-state index in [9.17, 15) is 14.9 Å². The van der Waals surface area contributed by atoms with Gasteiger partial charge in [0.1, 0.15) is 0 Å². The summed E-state index contributed by atoms with van der Waals surface area (Å²) in [7, 11) is 0. The van der Waals surface area contributed by atoms with Crippen LogP contribution < -0.4 is 0 Å². The van der Waals surface area contributed by atoms with Crippen molar-refractivity contribution < 1.29 is 14.8 Å². The number of fused-ring (bicyclic) bond motifs is 1. The highest BCUT2D eigenvalue weighted by molar-refractivity contribution is 5.88. The van der Waals surface area contributed by atoms with Crippen molar-refractivity contribution in [3.8, 4) is 0 Å². The number of carbonyl (C=O) groups is 1. The first kappa shape index (κ1) is 13.2. The first-order valence-electron chi connectivity index (χ1n) is 6.53. The molecular weight excluding hydrogens is 272 g/mol. The number of carboxylic acid groups (broad SMARTS) is 1. The largest absolute Gasteiger partial charge is 0.478 e. The zero-order valence-corrected chi connectivity index (χ0v) is 11.0. The van der Waals surface area contributed by atoms with Gasteiger partial charge in [-0.3, -0.25) is 15.1 Å². The van der Waals surface area contributed by atoms with Crippen LogP contribution in [0.15, 0.2) is 36.5 Å². The Labute approximate surface area is 120 Å². The molecule has 2 aromatic rings. The van der Waals surface area contributed by atoms with Crippen molar-refractivity contribution in [1.82, 2.24) is 4.98 Å². The summed E-state index contributed by atoms with van der Waals surface area (Å²) in [5, 5.41) is 20.2. The van der Waals surface area contributed by atoms with Crippen molar-refractivity contribution >= 4 is 11.7 Å². The third-order valence-electron chi connectivity index (χ3n) is 3.81. The van der Waals surface area contributed by atoms with Gasteiger partial charge in [0.15, 0.2) is 0 Å². The number of benzene rings is 1. The van der Waals surface area contributed by atoms with Gasteiger partial charge in [-0.1, -0.05) is 12.1 Å². The fourth-order valence-corrected chi connectivity index (χ4v) is 2.84. The van der Waals surface area contributed by atoms with Gasteiger partial charge in [-0.15, -0.1) is 0 Å². The molecule has 6 heteroatoms. The number of aromatic carboxylic acids is 1. The van der Waals surface area contributed by atoms with Crippen LogP contribution in [0.3, 0.4) is 0 Å². The van der Waals surface area contributed by atoms with Crippen molar-refractivity contribution in [2.75, 3.05) is 0 Å². The molecule has 106 valence electrons. The van der Waals surface area contributed by atoms with E-state index in [-0.39, 0.29) is 17.2 Å². The summed E-state index contributed by atoms with van der Waals surface area (Å²) in [6.45, 7) is 0. The van der Waals surface area contributed by atoms with Crippen molar-refractivity contribution in [1.29, 1.82) is 0 Å². The minimum atomic E-state index is -1.17. The zero-order chi connectivity index (χ0) is 15.0. The average Bonchev–Trinajstić information content (AvgIpc) is 2.90. The molecule has 21 heavy (non-hydrogen) atoms. The molecule has 1 aliphatic rings. The Morgan fingerprint density at radius 2 is 2.19 bits per heavy atom. The van der Waals surface area contributed by atoms with Gasteiger partial charge >= 0.3 is 5.97 Å². The maximum atomic E-state index is 11.3. The van der Waals surface area contributed by atoms with E-state index in [1.165, 1.54) is 12.1 Å². The summed E-state index contributed by atoms with van der Waals surface area (Å²) in [5.74, 6) is -1.32. The highest BCUT2D eigenvalue weighted by Crippen LogP contribution is 2.40. The molecule has 0 fully saturated rings. The number of nitrogens with zero attached hydrogens (tertiary/aromatic N) is 2. The number of hydrogen-bond donors (Lipinski definition) is 1. The van der Waals surface area contributed by atoms with Gasteiger partial charge in [0.25, 0.3) is 5.69 Å². The van der Waals surface area contributed by atoms with E-state index in [4.69, 9.17) is 5.11 Å². The molecule has 3 rings (SSSR count). The Bertz CT molecular complexity index is 742. The highest BCUT2D eigenvalue weighted by Gasteiger charge is 2.31. The third kappa shape index (κ3) is 2.24. The number of aryl methyl sites for hydroxylation is 1.